The number of carbonyl (C=O) groups is 1. The van der Waals surface area contributed by atoms with Crippen LogP contribution in [0.2, 0.25) is 0 Å². The lowest BCUT2D eigenvalue weighted by molar-refractivity contribution is -0.0918. The number of ether oxygens (including phenoxy) is 1. The monoisotopic (exact) mass is 573 g/mol. The van der Waals surface area contributed by atoms with Crippen LogP contribution < -0.4 is 11.1 Å². The Labute approximate surface area is 242 Å². The molecular formula is C31H33F2N7O2. The van der Waals surface area contributed by atoms with Crippen molar-refractivity contribution in [2.24, 2.45) is 5.41 Å². The first-order valence-corrected chi connectivity index (χ1v) is 14.0. The van der Waals surface area contributed by atoms with Gasteiger partial charge in [-0.3, -0.25) is 9.20 Å². The highest BCUT2D eigenvalue weighted by atomic mass is 19.3. The van der Waals surface area contributed by atoms with Gasteiger partial charge in [0.25, 0.3) is 12.3 Å². The van der Waals surface area contributed by atoms with Gasteiger partial charge in [0.05, 0.1) is 18.6 Å². The molecule has 0 bridgehead atoms. The number of amides is 1. The van der Waals surface area contributed by atoms with Crippen LogP contribution in [0.25, 0.3) is 16.8 Å². The van der Waals surface area contributed by atoms with E-state index in [2.05, 4.69) is 38.1 Å². The number of nitrogens with two attached hydrogens (primary N) is 1. The van der Waals surface area contributed by atoms with Crippen molar-refractivity contribution in [2.45, 2.75) is 39.0 Å². The number of aryl methyl sites for hydroxylation is 1. The molecule has 9 nitrogen and oxygen atoms in total. The van der Waals surface area contributed by atoms with Crippen molar-refractivity contribution >= 4 is 23.1 Å². The second kappa shape index (κ2) is 10.8. The number of nitrogens with one attached hydrogen (secondary N) is 1. The number of carbonyl (C=O) groups excluding carboxylic acids is 1. The minimum atomic E-state index is -2.65. The third kappa shape index (κ3) is 4.98. The Morgan fingerprint density at radius 3 is 2.67 bits per heavy atom. The van der Waals surface area contributed by atoms with Gasteiger partial charge in [-0.05, 0) is 51.0 Å². The Hall–Kier alpha value is -4.38. The maximum atomic E-state index is 13.0. The molecule has 1 atom stereocenters. The topological polar surface area (TPSA) is 111 Å². The summed E-state index contributed by atoms with van der Waals surface area (Å²) < 4.78 is 33.7. The highest BCUT2D eigenvalue weighted by Gasteiger charge is 2.40. The molecule has 2 fully saturated rings. The highest BCUT2D eigenvalue weighted by molar-refractivity contribution is 6.04. The summed E-state index contributed by atoms with van der Waals surface area (Å²) in [5.74, 6) is 1.05. The standard InChI is InChI=1S/C31H33F2N7O2/c1-18-14-36-28(34)26-25(20-6-8-21(9-7-20)30(41)37-24-13-22(27(32)33)10-11-35-24)38-29(40(18)26)23-5-4-12-39(15-23)19(2)31(3)16-42-17-31/h6-11,13-14,23,27H,2,4-5,12,15-17H2,1,3H3,(H2,34,36)(H,35,37,41)/t23-/m1/s1. The predicted molar refractivity (Wildman–Crippen MR) is 156 cm³/mol. The van der Waals surface area contributed by atoms with Crippen molar-refractivity contribution in [3.8, 4) is 11.3 Å². The number of nitrogen functional groups attached to an aromatic ring is 1. The first-order valence-electron chi connectivity index (χ1n) is 14.0. The largest absolute Gasteiger partial charge is 0.382 e. The normalized spacial score (nSPS) is 18.2. The molecule has 218 valence electrons. The Kier molecular flexibility index (Phi) is 7.14. The number of imidazole rings is 1. The molecule has 0 saturated carbocycles. The Bertz CT molecular complexity index is 1660. The van der Waals surface area contributed by atoms with Crippen molar-refractivity contribution < 1.29 is 18.3 Å². The molecule has 2 saturated heterocycles. The summed E-state index contributed by atoms with van der Waals surface area (Å²) in [5.41, 5.74) is 10.8. The minimum absolute atomic E-state index is 0.0260. The van der Waals surface area contributed by atoms with Crippen LogP contribution in [0.1, 0.15) is 59.5 Å². The van der Waals surface area contributed by atoms with Crippen LogP contribution in [0.15, 0.2) is 61.1 Å². The van der Waals surface area contributed by atoms with Crippen molar-refractivity contribution in [1.82, 2.24) is 24.3 Å². The number of hydrogen-bond acceptors (Lipinski definition) is 7. The number of aromatic nitrogens is 4. The van der Waals surface area contributed by atoms with Crippen LogP contribution in [0.5, 0.6) is 0 Å². The number of nitrogens with zero attached hydrogens (tertiary/aromatic N) is 5. The van der Waals surface area contributed by atoms with Crippen LogP contribution in [0.3, 0.4) is 0 Å². The van der Waals surface area contributed by atoms with E-state index in [9.17, 15) is 13.6 Å². The summed E-state index contributed by atoms with van der Waals surface area (Å²) >= 11 is 0. The lowest BCUT2D eigenvalue weighted by atomic mass is 9.83. The number of piperidine rings is 1. The fourth-order valence-corrected chi connectivity index (χ4v) is 5.80. The van der Waals surface area contributed by atoms with Gasteiger partial charge in [-0.25, -0.2) is 23.7 Å². The average Bonchev–Trinajstić information content (AvgIpc) is 3.40. The number of likely N-dealkylation sites (tertiary alicyclic amines) is 1. The fourth-order valence-electron chi connectivity index (χ4n) is 5.80. The molecule has 4 aromatic rings. The van der Waals surface area contributed by atoms with E-state index in [0.717, 1.165) is 60.3 Å². The van der Waals surface area contributed by atoms with E-state index < -0.39 is 12.3 Å². The smallest absolute Gasteiger partial charge is 0.264 e. The lowest BCUT2D eigenvalue weighted by Gasteiger charge is -2.46. The van der Waals surface area contributed by atoms with Gasteiger partial charge in [0.2, 0.25) is 0 Å². The summed E-state index contributed by atoms with van der Waals surface area (Å²) in [5, 5.41) is 2.59. The number of benzene rings is 1. The summed E-state index contributed by atoms with van der Waals surface area (Å²) in [4.78, 5) is 28.7. The van der Waals surface area contributed by atoms with Gasteiger partial charge >= 0.3 is 0 Å². The maximum absolute atomic E-state index is 13.0. The first-order chi connectivity index (χ1) is 20.1. The van der Waals surface area contributed by atoms with E-state index in [-0.39, 0.29) is 22.7 Å². The van der Waals surface area contributed by atoms with Gasteiger partial charge < -0.3 is 20.7 Å². The zero-order valence-corrected chi connectivity index (χ0v) is 23.6. The number of pyridine rings is 1. The molecule has 3 aromatic heterocycles. The van der Waals surface area contributed by atoms with Gasteiger partial charge in [0.15, 0.2) is 0 Å². The summed E-state index contributed by atoms with van der Waals surface area (Å²) in [7, 11) is 0. The molecule has 3 N–H and O–H groups in total. The molecule has 1 aromatic carbocycles. The summed E-state index contributed by atoms with van der Waals surface area (Å²) in [6.07, 6.45) is 2.35. The van der Waals surface area contributed by atoms with E-state index in [0.29, 0.717) is 30.3 Å². The molecule has 5 heterocycles. The van der Waals surface area contributed by atoms with Crippen LogP contribution in [0.4, 0.5) is 20.4 Å². The van der Waals surface area contributed by atoms with Crippen LogP contribution in [-0.2, 0) is 4.74 Å². The van der Waals surface area contributed by atoms with Crippen LogP contribution in [0, 0.1) is 12.3 Å². The van der Waals surface area contributed by atoms with Crippen molar-refractivity contribution in [3.05, 3.63) is 83.7 Å². The van der Waals surface area contributed by atoms with Crippen molar-refractivity contribution in [2.75, 3.05) is 37.4 Å². The second-order valence-electron chi connectivity index (χ2n) is 11.4. The molecule has 0 spiro atoms. The van der Waals surface area contributed by atoms with E-state index in [1.54, 1.807) is 30.5 Å². The Morgan fingerprint density at radius 1 is 1.21 bits per heavy atom. The number of alkyl halides is 2. The molecule has 6 rings (SSSR count). The number of hydrogen-bond donors (Lipinski definition) is 2. The zero-order chi connectivity index (χ0) is 29.6. The second-order valence-corrected chi connectivity index (χ2v) is 11.4. The number of anilines is 2. The molecule has 2 aliphatic heterocycles. The van der Waals surface area contributed by atoms with E-state index in [1.165, 1.54) is 12.3 Å². The average molecular weight is 574 g/mol. The van der Waals surface area contributed by atoms with E-state index in [4.69, 9.17) is 15.5 Å². The van der Waals surface area contributed by atoms with Crippen molar-refractivity contribution in [1.29, 1.82) is 0 Å². The van der Waals surface area contributed by atoms with Gasteiger partial charge in [-0.2, -0.15) is 0 Å². The van der Waals surface area contributed by atoms with Gasteiger partial charge in [-0.15, -0.1) is 0 Å². The molecule has 11 heteroatoms. The van der Waals surface area contributed by atoms with E-state index in [1.807, 2.05) is 6.92 Å². The quantitative estimate of drug-likeness (QED) is 0.296. The number of halogens is 2. The highest BCUT2D eigenvalue weighted by Crippen LogP contribution is 2.40. The number of rotatable bonds is 7. The first kappa shape index (κ1) is 27.8. The number of fused-ring (bicyclic) bond motifs is 1. The molecule has 0 aliphatic carbocycles. The zero-order valence-electron chi connectivity index (χ0n) is 23.6. The van der Waals surface area contributed by atoms with Crippen molar-refractivity contribution in [3.63, 3.8) is 0 Å². The van der Waals surface area contributed by atoms with Crippen LogP contribution >= 0.6 is 0 Å². The SMILES string of the molecule is C=C(N1CCC[C@@H](c2nc(-c3ccc(C(=O)Nc4cc(C(F)F)ccn4)cc3)c3c(N)ncc(C)n23)C1)C1(C)COC1. The van der Waals surface area contributed by atoms with E-state index >= 15 is 0 Å². The van der Waals surface area contributed by atoms with Gasteiger partial charge in [0.1, 0.15) is 28.7 Å². The summed E-state index contributed by atoms with van der Waals surface area (Å²) in [6.45, 7) is 11.8. The van der Waals surface area contributed by atoms with Crippen LogP contribution in [-0.4, -0.2) is 56.5 Å². The molecule has 0 radical (unpaired) electrons. The third-order valence-corrected chi connectivity index (χ3v) is 8.29. The maximum Gasteiger partial charge on any atom is 0.264 e. The molecule has 1 amide bonds. The summed E-state index contributed by atoms with van der Waals surface area (Å²) in [6, 6.07) is 9.32. The predicted octanol–water partition coefficient (Wildman–Crippen LogP) is 5.60. The Morgan fingerprint density at radius 2 is 1.98 bits per heavy atom. The Balaban J connectivity index is 1.29. The minimum Gasteiger partial charge on any atom is -0.382 e. The molecule has 0 unspecified atom stereocenters. The molecule has 42 heavy (non-hydrogen) atoms. The van der Waals surface area contributed by atoms with Gasteiger partial charge in [-0.1, -0.05) is 18.7 Å². The molecule has 2 aliphatic rings. The fraction of sp³-hybridized carbons (Fsp3) is 0.355. The molecular weight excluding hydrogens is 540 g/mol. The van der Waals surface area contributed by atoms with Gasteiger partial charge in [0, 0.05) is 59.5 Å². The lowest BCUT2D eigenvalue weighted by Crippen LogP contribution is -2.48. The third-order valence-electron chi connectivity index (χ3n) is 8.29.